The molecule has 0 atom stereocenters. The molecule has 0 aliphatic rings. The summed E-state index contributed by atoms with van der Waals surface area (Å²) in [7, 11) is 0. The monoisotopic (exact) mass is 330 g/mol. The third kappa shape index (κ3) is 3.35. The molecule has 0 saturated heterocycles. The summed E-state index contributed by atoms with van der Waals surface area (Å²) in [5.41, 5.74) is 4.81. The van der Waals surface area contributed by atoms with E-state index < -0.39 is 0 Å². The van der Waals surface area contributed by atoms with E-state index in [1.54, 1.807) is 6.33 Å². The zero-order valence-electron chi connectivity index (χ0n) is 13.9. The van der Waals surface area contributed by atoms with Crippen molar-refractivity contribution in [2.24, 2.45) is 0 Å². The average molecular weight is 330 g/mol. The molecule has 0 bridgehead atoms. The Morgan fingerprint density at radius 1 is 1.00 bits per heavy atom. The fourth-order valence-electron chi connectivity index (χ4n) is 2.81. The van der Waals surface area contributed by atoms with Crippen LogP contribution < -0.4 is 5.32 Å². The predicted molar refractivity (Wildman–Crippen MR) is 98.4 cm³/mol. The number of aromatic nitrogens is 3. The number of nitrogens with one attached hydrogen (secondary N) is 1. The van der Waals surface area contributed by atoms with E-state index in [1.807, 2.05) is 37.3 Å². The van der Waals surface area contributed by atoms with E-state index in [9.17, 15) is 0 Å². The highest BCUT2D eigenvalue weighted by atomic mass is 16.5. The number of anilines is 1. The Balaban J connectivity index is 1.50. The Morgan fingerprint density at radius 2 is 1.88 bits per heavy atom. The summed E-state index contributed by atoms with van der Waals surface area (Å²) in [6.07, 6.45) is 2.53. The van der Waals surface area contributed by atoms with Crippen molar-refractivity contribution in [2.75, 3.05) is 11.9 Å². The van der Waals surface area contributed by atoms with E-state index in [1.165, 1.54) is 5.56 Å². The number of hydrogen-bond donors (Lipinski definition) is 1. The van der Waals surface area contributed by atoms with Gasteiger partial charge in [0, 0.05) is 23.6 Å². The van der Waals surface area contributed by atoms with Crippen molar-refractivity contribution in [1.29, 1.82) is 0 Å². The number of benzene rings is 2. The molecule has 2 aromatic carbocycles. The second-order valence-electron chi connectivity index (χ2n) is 5.93. The van der Waals surface area contributed by atoms with Gasteiger partial charge in [-0.25, -0.2) is 9.97 Å². The van der Waals surface area contributed by atoms with Crippen molar-refractivity contribution >= 4 is 16.8 Å². The van der Waals surface area contributed by atoms with Crippen LogP contribution in [0.25, 0.3) is 22.2 Å². The van der Waals surface area contributed by atoms with Gasteiger partial charge in [0.25, 0.3) is 0 Å². The molecule has 0 unspecified atom stereocenters. The summed E-state index contributed by atoms with van der Waals surface area (Å²) in [6, 6.07) is 18.4. The van der Waals surface area contributed by atoms with E-state index >= 15 is 0 Å². The highest BCUT2D eigenvalue weighted by Crippen LogP contribution is 2.25. The van der Waals surface area contributed by atoms with E-state index in [-0.39, 0.29) is 0 Å². The van der Waals surface area contributed by atoms with Gasteiger partial charge in [-0.3, -0.25) is 0 Å². The van der Waals surface area contributed by atoms with E-state index in [0.717, 1.165) is 46.7 Å². The van der Waals surface area contributed by atoms with Gasteiger partial charge in [0.2, 0.25) is 0 Å². The standard InChI is InChI=1S/C20H18N4O/c1-14-17-8-7-16(11-19(17)25-24-14)18-12-20(23-13-22-18)21-10-9-15-5-3-2-4-6-15/h2-8,11-13H,9-10H2,1H3,(H,21,22,23). The minimum Gasteiger partial charge on any atom is -0.370 e. The molecule has 2 aromatic heterocycles. The van der Waals surface area contributed by atoms with Crippen LogP contribution >= 0.6 is 0 Å². The van der Waals surface area contributed by atoms with Crippen molar-refractivity contribution in [2.45, 2.75) is 13.3 Å². The van der Waals surface area contributed by atoms with Crippen molar-refractivity contribution in [3.8, 4) is 11.3 Å². The highest BCUT2D eigenvalue weighted by molar-refractivity contribution is 5.84. The molecular weight excluding hydrogens is 312 g/mol. The third-order valence-corrected chi connectivity index (χ3v) is 4.18. The summed E-state index contributed by atoms with van der Waals surface area (Å²) in [6.45, 7) is 2.76. The minimum atomic E-state index is 0.771. The lowest BCUT2D eigenvalue weighted by atomic mass is 10.1. The Kier molecular flexibility index (Phi) is 4.12. The van der Waals surface area contributed by atoms with Crippen LogP contribution in [0, 0.1) is 6.92 Å². The maximum atomic E-state index is 5.35. The van der Waals surface area contributed by atoms with Crippen molar-refractivity contribution < 1.29 is 4.52 Å². The number of rotatable bonds is 5. The lowest BCUT2D eigenvalue weighted by Gasteiger charge is -2.07. The quantitative estimate of drug-likeness (QED) is 0.593. The molecule has 4 rings (SSSR count). The first-order valence-corrected chi connectivity index (χ1v) is 8.26. The van der Waals surface area contributed by atoms with E-state index in [0.29, 0.717) is 0 Å². The molecule has 5 nitrogen and oxygen atoms in total. The lowest BCUT2D eigenvalue weighted by Crippen LogP contribution is -2.06. The van der Waals surface area contributed by atoms with E-state index in [2.05, 4.69) is 44.7 Å². The Hall–Kier alpha value is -3.21. The molecular formula is C20H18N4O. The van der Waals surface area contributed by atoms with Crippen LogP contribution in [0.15, 0.2) is 65.4 Å². The van der Waals surface area contributed by atoms with Gasteiger partial charge in [-0.05, 0) is 31.0 Å². The summed E-state index contributed by atoms with van der Waals surface area (Å²) in [5, 5.41) is 8.38. The molecule has 124 valence electrons. The zero-order valence-corrected chi connectivity index (χ0v) is 13.9. The molecule has 0 spiro atoms. The molecule has 1 N–H and O–H groups in total. The number of nitrogens with zero attached hydrogens (tertiary/aromatic N) is 3. The van der Waals surface area contributed by atoms with Gasteiger partial charge >= 0.3 is 0 Å². The summed E-state index contributed by atoms with van der Waals surface area (Å²) < 4.78 is 5.35. The molecule has 2 heterocycles. The fourth-order valence-corrected chi connectivity index (χ4v) is 2.81. The maximum Gasteiger partial charge on any atom is 0.167 e. The maximum absolute atomic E-state index is 5.35. The van der Waals surface area contributed by atoms with Crippen molar-refractivity contribution in [3.63, 3.8) is 0 Å². The Bertz CT molecular complexity index is 995. The molecule has 0 aliphatic carbocycles. The average Bonchev–Trinajstić information content (AvgIpc) is 3.03. The topological polar surface area (TPSA) is 63.8 Å². The number of hydrogen-bond acceptors (Lipinski definition) is 5. The first-order valence-electron chi connectivity index (χ1n) is 8.26. The van der Waals surface area contributed by atoms with Gasteiger partial charge in [-0.2, -0.15) is 0 Å². The second-order valence-corrected chi connectivity index (χ2v) is 5.93. The second kappa shape index (κ2) is 6.73. The SMILES string of the molecule is Cc1noc2cc(-c3cc(NCCc4ccccc4)ncn3)ccc12. The van der Waals surface area contributed by atoms with Gasteiger partial charge in [0.05, 0.1) is 11.4 Å². The molecule has 4 aromatic rings. The van der Waals surface area contributed by atoms with Gasteiger partial charge in [0.1, 0.15) is 12.1 Å². The largest absolute Gasteiger partial charge is 0.370 e. The van der Waals surface area contributed by atoms with Crippen LogP contribution in [0.1, 0.15) is 11.3 Å². The zero-order chi connectivity index (χ0) is 17.1. The minimum absolute atomic E-state index is 0.771. The first-order chi connectivity index (χ1) is 12.3. The fraction of sp³-hybridized carbons (Fsp3) is 0.150. The smallest absolute Gasteiger partial charge is 0.167 e. The van der Waals surface area contributed by atoms with Gasteiger partial charge in [-0.15, -0.1) is 0 Å². The van der Waals surface area contributed by atoms with Gasteiger partial charge in [0.15, 0.2) is 5.58 Å². The van der Waals surface area contributed by atoms with Crippen LogP contribution in [-0.4, -0.2) is 21.7 Å². The van der Waals surface area contributed by atoms with Crippen LogP contribution in [-0.2, 0) is 6.42 Å². The van der Waals surface area contributed by atoms with Crippen LogP contribution in [0.4, 0.5) is 5.82 Å². The first kappa shape index (κ1) is 15.3. The van der Waals surface area contributed by atoms with Crippen LogP contribution in [0.2, 0.25) is 0 Å². The Labute approximate surface area is 145 Å². The third-order valence-electron chi connectivity index (χ3n) is 4.18. The van der Waals surface area contributed by atoms with Crippen LogP contribution in [0.5, 0.6) is 0 Å². The van der Waals surface area contributed by atoms with Gasteiger partial charge in [-0.1, -0.05) is 41.6 Å². The molecule has 0 saturated carbocycles. The van der Waals surface area contributed by atoms with Crippen molar-refractivity contribution in [3.05, 3.63) is 72.2 Å². The molecule has 5 heteroatoms. The molecule has 0 aliphatic heterocycles. The number of aryl methyl sites for hydroxylation is 1. The number of fused-ring (bicyclic) bond motifs is 1. The van der Waals surface area contributed by atoms with Gasteiger partial charge < -0.3 is 9.84 Å². The van der Waals surface area contributed by atoms with Crippen molar-refractivity contribution in [1.82, 2.24) is 15.1 Å². The van der Waals surface area contributed by atoms with Crippen LogP contribution in [0.3, 0.4) is 0 Å². The molecule has 0 amide bonds. The summed E-state index contributed by atoms with van der Waals surface area (Å²) >= 11 is 0. The molecule has 25 heavy (non-hydrogen) atoms. The van der Waals surface area contributed by atoms with E-state index in [4.69, 9.17) is 4.52 Å². The Morgan fingerprint density at radius 3 is 2.76 bits per heavy atom. The lowest BCUT2D eigenvalue weighted by molar-refractivity contribution is 0.450. The molecule has 0 fully saturated rings. The summed E-state index contributed by atoms with van der Waals surface area (Å²) in [5.74, 6) is 0.815. The predicted octanol–water partition coefficient (Wildman–Crippen LogP) is 4.25. The highest BCUT2D eigenvalue weighted by Gasteiger charge is 2.08. The normalized spacial score (nSPS) is 10.9. The molecule has 0 radical (unpaired) electrons. The summed E-state index contributed by atoms with van der Waals surface area (Å²) in [4.78, 5) is 8.68.